The highest BCUT2D eigenvalue weighted by Crippen LogP contribution is 2.44. The van der Waals surface area contributed by atoms with Gasteiger partial charge in [0.05, 0.1) is 18.1 Å². The van der Waals surface area contributed by atoms with E-state index in [1.54, 1.807) is 24.3 Å². The molecule has 1 atom stereocenters. The van der Waals surface area contributed by atoms with Crippen molar-refractivity contribution in [2.45, 2.75) is 44.6 Å². The number of hydrogen-bond acceptors (Lipinski definition) is 7. The number of ether oxygens (including phenoxy) is 4. The van der Waals surface area contributed by atoms with E-state index < -0.39 is 20.4 Å². The molecule has 1 unspecified atom stereocenters. The van der Waals surface area contributed by atoms with E-state index in [0.717, 1.165) is 24.2 Å². The van der Waals surface area contributed by atoms with Gasteiger partial charge in [-0.2, -0.15) is 8.42 Å². The van der Waals surface area contributed by atoms with E-state index in [-0.39, 0.29) is 11.0 Å². The van der Waals surface area contributed by atoms with Gasteiger partial charge in [-0.1, -0.05) is 31.5 Å². The minimum absolute atomic E-state index is 0.112. The maximum absolute atomic E-state index is 12.6. The van der Waals surface area contributed by atoms with Crippen LogP contribution in [0.25, 0.3) is 0 Å². The number of benzene rings is 2. The summed E-state index contributed by atoms with van der Waals surface area (Å²) in [5.74, 6) is 1.88. The van der Waals surface area contributed by atoms with Crippen LogP contribution in [0.2, 0.25) is 0 Å². The van der Waals surface area contributed by atoms with Gasteiger partial charge in [-0.25, -0.2) is 3.63 Å². The van der Waals surface area contributed by atoms with E-state index in [1.165, 1.54) is 0 Å². The van der Waals surface area contributed by atoms with Crippen molar-refractivity contribution in [1.29, 1.82) is 0 Å². The summed E-state index contributed by atoms with van der Waals surface area (Å²) in [4.78, 5) is 0.166. The molecule has 0 N–H and O–H groups in total. The molecular weight excluding hydrogens is 488 g/mol. The Morgan fingerprint density at radius 3 is 1.97 bits per heavy atom. The van der Waals surface area contributed by atoms with Crippen molar-refractivity contribution in [1.82, 2.24) is 0 Å². The van der Waals surface area contributed by atoms with E-state index in [1.807, 2.05) is 43.7 Å². The molecule has 2 rings (SSSR count). The van der Waals surface area contributed by atoms with Crippen molar-refractivity contribution in [3.63, 3.8) is 0 Å². The molecule has 0 aliphatic rings. The average Bonchev–Trinajstić information content (AvgIpc) is 2.81. The summed E-state index contributed by atoms with van der Waals surface area (Å²) in [6, 6.07) is 14.0. The first-order valence-electron chi connectivity index (χ1n) is 11.9. The van der Waals surface area contributed by atoms with Gasteiger partial charge >= 0.3 is 10.1 Å². The van der Waals surface area contributed by atoms with Gasteiger partial charge in [-0.3, -0.25) is 0 Å². The van der Waals surface area contributed by atoms with Gasteiger partial charge in [0, 0.05) is 19.0 Å². The molecule has 0 spiro atoms. The summed E-state index contributed by atoms with van der Waals surface area (Å²) in [6.07, 6.45) is 5.44. The number of aryl methyl sites for hydroxylation is 1. The maximum atomic E-state index is 12.6. The lowest BCUT2D eigenvalue weighted by Gasteiger charge is -2.29. The molecule has 0 bridgehead atoms. The summed E-state index contributed by atoms with van der Waals surface area (Å²) in [5.41, 5.74) is 0.992. The smallest absolute Gasteiger partial charge is 0.306 e. The van der Waals surface area contributed by atoms with Crippen LogP contribution in [0.3, 0.4) is 0 Å². The Bertz CT molecular complexity index is 958. The van der Waals surface area contributed by atoms with Crippen LogP contribution in [0.15, 0.2) is 53.4 Å². The SMILES string of the molecule is CCCOCC(COc1ccc(OCCS(C)(C)OS(=O)(=O)c2ccc(C)cc2)cc1)OCCC. The molecule has 9 heteroatoms. The number of rotatable bonds is 17. The maximum Gasteiger partial charge on any atom is 0.306 e. The lowest BCUT2D eigenvalue weighted by Crippen LogP contribution is -2.27. The predicted molar refractivity (Wildman–Crippen MR) is 142 cm³/mol. The summed E-state index contributed by atoms with van der Waals surface area (Å²) >= 11 is 0. The van der Waals surface area contributed by atoms with Gasteiger partial charge < -0.3 is 18.9 Å². The van der Waals surface area contributed by atoms with E-state index in [2.05, 4.69) is 13.8 Å². The minimum atomic E-state index is -3.82. The molecule has 198 valence electrons. The normalized spacial score (nSPS) is 13.4. The lowest BCUT2D eigenvalue weighted by molar-refractivity contribution is -0.0369. The molecule has 35 heavy (non-hydrogen) atoms. The molecule has 0 fully saturated rings. The second-order valence-electron chi connectivity index (χ2n) is 8.67. The zero-order chi connectivity index (χ0) is 25.7. The van der Waals surface area contributed by atoms with E-state index in [9.17, 15) is 8.42 Å². The fourth-order valence-corrected chi connectivity index (χ4v) is 6.47. The van der Waals surface area contributed by atoms with Crippen LogP contribution < -0.4 is 9.47 Å². The molecule has 0 aliphatic carbocycles. The van der Waals surface area contributed by atoms with Crippen molar-refractivity contribution in [3.8, 4) is 11.5 Å². The second kappa shape index (κ2) is 14.7. The van der Waals surface area contributed by atoms with Crippen molar-refractivity contribution in [2.75, 3.05) is 51.3 Å². The van der Waals surface area contributed by atoms with Crippen LogP contribution in [0.1, 0.15) is 32.3 Å². The molecule has 2 aromatic rings. The quantitative estimate of drug-likeness (QED) is 0.256. The Morgan fingerprint density at radius 2 is 1.37 bits per heavy atom. The van der Waals surface area contributed by atoms with E-state index in [4.69, 9.17) is 22.6 Å². The van der Waals surface area contributed by atoms with Crippen LogP contribution in [-0.4, -0.2) is 65.8 Å². The standard InChI is InChI=1S/C26H40O7S2/c1-6-16-29-20-25(30-17-7-2)21-32-24-12-10-23(11-13-24)31-18-19-34(4,5)33-35(27,28)26-14-8-22(3)9-15-26/h8-15,25H,6-7,16-21H2,1-5H3. The molecule has 0 saturated carbocycles. The van der Waals surface area contributed by atoms with Gasteiger partial charge in [-0.05, 0) is 68.7 Å². The van der Waals surface area contributed by atoms with Crippen LogP contribution in [0.4, 0.5) is 0 Å². The Hall–Kier alpha value is -1.78. The summed E-state index contributed by atoms with van der Waals surface area (Å²) < 4.78 is 53.9. The van der Waals surface area contributed by atoms with Gasteiger partial charge in [0.25, 0.3) is 0 Å². The lowest BCUT2D eigenvalue weighted by atomic mass is 10.2. The van der Waals surface area contributed by atoms with E-state index >= 15 is 0 Å². The number of hydrogen-bond donors (Lipinski definition) is 0. The Labute approximate surface area is 212 Å². The third-order valence-corrected chi connectivity index (χ3v) is 9.09. The van der Waals surface area contributed by atoms with Crippen LogP contribution in [-0.2, 0) is 23.2 Å². The van der Waals surface area contributed by atoms with Crippen molar-refractivity contribution >= 4 is 20.4 Å². The van der Waals surface area contributed by atoms with Crippen LogP contribution in [0.5, 0.6) is 11.5 Å². The summed E-state index contributed by atoms with van der Waals surface area (Å²) in [7, 11) is -5.69. The first kappa shape index (κ1) is 29.5. The molecule has 2 aromatic carbocycles. The van der Waals surface area contributed by atoms with Crippen molar-refractivity contribution < 1.29 is 31.0 Å². The molecule has 0 aliphatic heterocycles. The molecular formula is C26H40O7S2. The topological polar surface area (TPSA) is 80.3 Å². The monoisotopic (exact) mass is 528 g/mol. The molecule has 0 saturated heterocycles. The largest absolute Gasteiger partial charge is 0.493 e. The molecule has 0 amide bonds. The second-order valence-corrected chi connectivity index (χ2v) is 13.9. The molecule has 0 aromatic heterocycles. The molecule has 0 heterocycles. The summed E-state index contributed by atoms with van der Waals surface area (Å²) in [6.45, 7) is 8.69. The first-order valence-corrected chi connectivity index (χ1v) is 15.9. The highest BCUT2D eigenvalue weighted by Gasteiger charge is 2.24. The minimum Gasteiger partial charge on any atom is -0.493 e. The predicted octanol–water partition coefficient (Wildman–Crippen LogP) is 5.36. The molecule has 7 nitrogen and oxygen atoms in total. The highest BCUT2D eigenvalue weighted by molar-refractivity contribution is 8.32. The molecule has 0 radical (unpaired) electrons. The van der Waals surface area contributed by atoms with Crippen molar-refractivity contribution in [2.24, 2.45) is 0 Å². The van der Waals surface area contributed by atoms with Gasteiger partial charge in [-0.15, -0.1) is 10.3 Å². The van der Waals surface area contributed by atoms with Gasteiger partial charge in [0.1, 0.15) is 24.2 Å². The van der Waals surface area contributed by atoms with Crippen molar-refractivity contribution in [3.05, 3.63) is 54.1 Å². The highest BCUT2D eigenvalue weighted by atomic mass is 32.3. The van der Waals surface area contributed by atoms with Crippen LogP contribution in [0, 0.1) is 6.92 Å². The average molecular weight is 529 g/mol. The Balaban J connectivity index is 1.80. The van der Waals surface area contributed by atoms with Crippen LogP contribution >= 0.6 is 10.3 Å². The van der Waals surface area contributed by atoms with Gasteiger partial charge in [0.15, 0.2) is 0 Å². The van der Waals surface area contributed by atoms with Gasteiger partial charge in [0.2, 0.25) is 0 Å². The zero-order valence-electron chi connectivity index (χ0n) is 21.5. The third kappa shape index (κ3) is 11.2. The zero-order valence-corrected chi connectivity index (χ0v) is 23.2. The van der Waals surface area contributed by atoms with E-state index in [0.29, 0.717) is 44.5 Å². The fourth-order valence-electron chi connectivity index (χ4n) is 2.99. The third-order valence-electron chi connectivity index (χ3n) is 4.90. The fraction of sp³-hybridized carbons (Fsp3) is 0.538. The summed E-state index contributed by atoms with van der Waals surface area (Å²) in [5, 5.41) is 0. The Kier molecular flexibility index (Phi) is 12.4. The Morgan fingerprint density at radius 1 is 0.771 bits per heavy atom. The first-order chi connectivity index (χ1) is 16.6.